The molecule has 24 heavy (non-hydrogen) atoms. The lowest BCUT2D eigenvalue weighted by molar-refractivity contribution is -0.136. The third-order valence-electron chi connectivity index (χ3n) is 4.57. The lowest BCUT2D eigenvalue weighted by atomic mass is 9.79. The predicted molar refractivity (Wildman–Crippen MR) is 89.1 cm³/mol. The minimum Gasteiger partial charge on any atom is -0.497 e. The molecule has 4 N–H and O–H groups in total. The topological polar surface area (TPSA) is 103 Å². The molecule has 0 aromatic heterocycles. The quantitative estimate of drug-likeness (QED) is 0.673. The van der Waals surface area contributed by atoms with Gasteiger partial charge in [-0.15, -0.1) is 0 Å². The van der Waals surface area contributed by atoms with Crippen molar-refractivity contribution >= 4 is 5.91 Å². The van der Waals surface area contributed by atoms with Crippen LogP contribution in [0.3, 0.4) is 0 Å². The summed E-state index contributed by atoms with van der Waals surface area (Å²) in [5.41, 5.74) is 5.77. The van der Waals surface area contributed by atoms with Crippen molar-refractivity contribution in [1.29, 1.82) is 0 Å². The highest BCUT2D eigenvalue weighted by atomic mass is 16.5. The number of benzene rings is 1. The van der Waals surface area contributed by atoms with E-state index < -0.39 is 11.5 Å². The number of rotatable bonds is 7. The molecule has 1 aromatic carbocycles. The van der Waals surface area contributed by atoms with Gasteiger partial charge in [0.1, 0.15) is 11.5 Å². The minimum absolute atomic E-state index is 0.0744. The molecule has 0 radical (unpaired) electrons. The van der Waals surface area contributed by atoms with Gasteiger partial charge < -0.3 is 30.4 Å². The Hall–Kier alpha value is -1.83. The molecule has 0 spiro atoms. The standard InChI is InChI=1S/C17H26N2O5/c1-22-12-3-4-15(23-2)13(9-12)14(20)10-19-16(21)17(11-18)5-7-24-8-6-17/h3-4,9,14,20H,5-8,10-11,18H2,1-2H3,(H,19,21). The number of nitrogens with one attached hydrogen (secondary N) is 1. The van der Waals surface area contributed by atoms with Crippen molar-refractivity contribution in [1.82, 2.24) is 5.32 Å². The number of carbonyl (C=O) groups is 1. The zero-order valence-corrected chi connectivity index (χ0v) is 14.2. The van der Waals surface area contributed by atoms with Gasteiger partial charge in [0.15, 0.2) is 0 Å². The highest BCUT2D eigenvalue weighted by molar-refractivity contribution is 5.83. The number of amides is 1. The number of hydrogen-bond acceptors (Lipinski definition) is 6. The first-order valence-corrected chi connectivity index (χ1v) is 8.02. The number of nitrogens with two attached hydrogens (primary N) is 1. The van der Waals surface area contributed by atoms with Crippen LogP contribution in [0.25, 0.3) is 0 Å². The SMILES string of the molecule is COc1ccc(OC)c(C(O)CNC(=O)C2(CN)CCOCC2)c1. The van der Waals surface area contributed by atoms with Crippen LogP contribution in [-0.4, -0.2) is 51.5 Å². The predicted octanol–water partition coefficient (Wildman–Crippen LogP) is 0.609. The molecule has 2 rings (SSSR count). The smallest absolute Gasteiger partial charge is 0.227 e. The molecule has 1 fully saturated rings. The molecule has 0 saturated carbocycles. The number of carbonyl (C=O) groups excluding carboxylic acids is 1. The van der Waals surface area contributed by atoms with E-state index in [2.05, 4.69) is 5.32 Å². The highest BCUT2D eigenvalue weighted by Crippen LogP contribution is 2.31. The Kier molecular flexibility index (Phi) is 6.42. The second-order valence-electron chi connectivity index (χ2n) is 5.93. The van der Waals surface area contributed by atoms with Crippen molar-refractivity contribution in [3.8, 4) is 11.5 Å². The molecule has 1 amide bonds. The molecule has 1 heterocycles. The molecule has 7 heteroatoms. The third kappa shape index (κ3) is 3.98. The van der Waals surface area contributed by atoms with Gasteiger partial charge in [-0.1, -0.05) is 0 Å². The van der Waals surface area contributed by atoms with Gasteiger partial charge in [0.25, 0.3) is 0 Å². The summed E-state index contributed by atoms with van der Waals surface area (Å²) < 4.78 is 15.8. The van der Waals surface area contributed by atoms with Gasteiger partial charge in [-0.2, -0.15) is 0 Å². The van der Waals surface area contributed by atoms with Gasteiger partial charge >= 0.3 is 0 Å². The summed E-state index contributed by atoms with van der Waals surface area (Å²) in [6.07, 6.45) is 0.274. The van der Waals surface area contributed by atoms with Crippen LogP contribution in [0.5, 0.6) is 11.5 Å². The number of hydrogen-bond donors (Lipinski definition) is 3. The molecule has 1 unspecified atom stereocenters. The van der Waals surface area contributed by atoms with Gasteiger partial charge in [0.2, 0.25) is 5.91 Å². The van der Waals surface area contributed by atoms with Crippen molar-refractivity contribution in [2.45, 2.75) is 18.9 Å². The Balaban J connectivity index is 2.04. The second kappa shape index (κ2) is 8.32. The van der Waals surface area contributed by atoms with Crippen LogP contribution in [0, 0.1) is 5.41 Å². The molecule has 0 bridgehead atoms. The van der Waals surface area contributed by atoms with E-state index in [1.54, 1.807) is 25.3 Å². The summed E-state index contributed by atoms with van der Waals surface area (Å²) >= 11 is 0. The highest BCUT2D eigenvalue weighted by Gasteiger charge is 2.38. The number of aliphatic hydroxyl groups is 1. The van der Waals surface area contributed by atoms with E-state index in [1.807, 2.05) is 0 Å². The van der Waals surface area contributed by atoms with E-state index in [1.165, 1.54) is 7.11 Å². The molecular formula is C17H26N2O5. The summed E-state index contributed by atoms with van der Waals surface area (Å²) in [6, 6.07) is 5.17. The van der Waals surface area contributed by atoms with Crippen LogP contribution in [-0.2, 0) is 9.53 Å². The van der Waals surface area contributed by atoms with E-state index in [4.69, 9.17) is 19.9 Å². The Morgan fingerprint density at radius 3 is 2.67 bits per heavy atom. The first-order valence-electron chi connectivity index (χ1n) is 8.02. The minimum atomic E-state index is -0.909. The maximum Gasteiger partial charge on any atom is 0.227 e. The Labute approximate surface area is 142 Å². The van der Waals surface area contributed by atoms with Gasteiger partial charge in [0, 0.05) is 31.9 Å². The van der Waals surface area contributed by atoms with Gasteiger partial charge in [-0.25, -0.2) is 0 Å². The first-order chi connectivity index (χ1) is 11.6. The summed E-state index contributed by atoms with van der Waals surface area (Å²) in [4.78, 5) is 12.6. The maximum atomic E-state index is 12.6. The molecule has 7 nitrogen and oxygen atoms in total. The van der Waals surface area contributed by atoms with Crippen molar-refractivity contribution < 1.29 is 24.1 Å². The van der Waals surface area contributed by atoms with E-state index in [9.17, 15) is 9.90 Å². The normalized spacial score (nSPS) is 17.8. The van der Waals surface area contributed by atoms with Crippen molar-refractivity contribution in [3.05, 3.63) is 23.8 Å². The molecule has 1 saturated heterocycles. The van der Waals surface area contributed by atoms with Crippen LogP contribution in [0.15, 0.2) is 18.2 Å². The number of ether oxygens (including phenoxy) is 3. The monoisotopic (exact) mass is 338 g/mol. The van der Waals surface area contributed by atoms with E-state index in [-0.39, 0.29) is 19.0 Å². The van der Waals surface area contributed by atoms with Crippen LogP contribution in [0.2, 0.25) is 0 Å². The molecule has 1 aromatic rings. The first kappa shape index (κ1) is 18.5. The van der Waals surface area contributed by atoms with E-state index in [0.29, 0.717) is 43.1 Å². The number of methoxy groups -OCH3 is 2. The van der Waals surface area contributed by atoms with Gasteiger partial charge in [-0.05, 0) is 31.0 Å². The second-order valence-corrected chi connectivity index (χ2v) is 5.93. The molecule has 0 aliphatic carbocycles. The summed E-state index contributed by atoms with van der Waals surface area (Å²) in [6.45, 7) is 1.39. The summed E-state index contributed by atoms with van der Waals surface area (Å²) in [5, 5.41) is 13.3. The maximum absolute atomic E-state index is 12.6. The molecule has 1 aliphatic heterocycles. The average Bonchev–Trinajstić information content (AvgIpc) is 2.65. The largest absolute Gasteiger partial charge is 0.497 e. The molecule has 134 valence electrons. The van der Waals surface area contributed by atoms with Crippen LogP contribution in [0.4, 0.5) is 0 Å². The zero-order chi connectivity index (χ0) is 17.6. The Morgan fingerprint density at radius 2 is 2.08 bits per heavy atom. The molecular weight excluding hydrogens is 312 g/mol. The number of aliphatic hydroxyl groups excluding tert-OH is 1. The van der Waals surface area contributed by atoms with Gasteiger partial charge in [-0.3, -0.25) is 4.79 Å². The summed E-state index contributed by atoms with van der Waals surface area (Å²) in [5.74, 6) is 1.01. The fraction of sp³-hybridized carbons (Fsp3) is 0.588. The van der Waals surface area contributed by atoms with Crippen molar-refractivity contribution in [2.75, 3.05) is 40.5 Å². The fourth-order valence-electron chi connectivity index (χ4n) is 2.87. The van der Waals surface area contributed by atoms with E-state index >= 15 is 0 Å². The fourth-order valence-corrected chi connectivity index (χ4v) is 2.87. The lowest BCUT2D eigenvalue weighted by Crippen LogP contribution is -2.49. The van der Waals surface area contributed by atoms with Crippen molar-refractivity contribution in [3.63, 3.8) is 0 Å². The van der Waals surface area contributed by atoms with Gasteiger partial charge in [0.05, 0.1) is 25.7 Å². The summed E-state index contributed by atoms with van der Waals surface area (Å²) in [7, 11) is 3.08. The van der Waals surface area contributed by atoms with Crippen LogP contribution >= 0.6 is 0 Å². The molecule has 1 atom stereocenters. The van der Waals surface area contributed by atoms with Crippen LogP contribution < -0.4 is 20.5 Å². The van der Waals surface area contributed by atoms with E-state index in [0.717, 1.165) is 0 Å². The third-order valence-corrected chi connectivity index (χ3v) is 4.57. The Bertz CT molecular complexity index is 558. The zero-order valence-electron chi connectivity index (χ0n) is 14.2. The Morgan fingerprint density at radius 1 is 1.38 bits per heavy atom. The average molecular weight is 338 g/mol. The molecule has 1 aliphatic rings. The lowest BCUT2D eigenvalue weighted by Gasteiger charge is -2.34. The van der Waals surface area contributed by atoms with Crippen LogP contribution in [0.1, 0.15) is 24.5 Å². The van der Waals surface area contributed by atoms with Crippen molar-refractivity contribution in [2.24, 2.45) is 11.1 Å².